The molecule has 0 unspecified atom stereocenters. The minimum atomic E-state index is -3.66. The van der Waals surface area contributed by atoms with Crippen molar-refractivity contribution in [2.45, 2.75) is 18.2 Å². The standard InChI is InChI=1S/C16H16N2O3S2/c1-3-11-5-4-6-14-15(11)17-16(22-14)18-23(19,20)13-9-7-12(21-2)8-10-13/h4-10H,3H2,1-2H3,(H,17,18). The van der Waals surface area contributed by atoms with Crippen molar-refractivity contribution in [1.29, 1.82) is 0 Å². The summed E-state index contributed by atoms with van der Waals surface area (Å²) < 4.78 is 33.5. The summed E-state index contributed by atoms with van der Waals surface area (Å²) in [4.78, 5) is 4.61. The van der Waals surface area contributed by atoms with Gasteiger partial charge in [-0.3, -0.25) is 4.72 Å². The first-order valence-corrected chi connectivity index (χ1v) is 9.39. The van der Waals surface area contributed by atoms with Crippen LogP contribution in [-0.4, -0.2) is 20.5 Å². The second kappa shape index (κ2) is 6.17. The SMILES string of the molecule is CCc1cccc2sc(NS(=O)(=O)c3ccc(OC)cc3)nc12. The third-order valence-corrected chi connectivity index (χ3v) is 5.89. The van der Waals surface area contributed by atoms with Crippen LogP contribution in [0.25, 0.3) is 10.2 Å². The van der Waals surface area contributed by atoms with Gasteiger partial charge in [-0.25, -0.2) is 13.4 Å². The van der Waals surface area contributed by atoms with Gasteiger partial charge in [-0.05, 0) is 42.3 Å². The van der Waals surface area contributed by atoms with Gasteiger partial charge in [-0.2, -0.15) is 0 Å². The molecular weight excluding hydrogens is 332 g/mol. The van der Waals surface area contributed by atoms with E-state index in [0.29, 0.717) is 10.9 Å². The average Bonchev–Trinajstić information content (AvgIpc) is 2.96. The lowest BCUT2D eigenvalue weighted by Crippen LogP contribution is -2.12. The van der Waals surface area contributed by atoms with E-state index in [9.17, 15) is 8.42 Å². The zero-order valence-corrected chi connectivity index (χ0v) is 14.4. The van der Waals surface area contributed by atoms with Crippen molar-refractivity contribution in [2.75, 3.05) is 11.8 Å². The highest BCUT2D eigenvalue weighted by molar-refractivity contribution is 7.93. The van der Waals surface area contributed by atoms with E-state index < -0.39 is 10.0 Å². The second-order valence-corrected chi connectivity index (χ2v) is 7.63. The molecule has 0 atom stereocenters. The van der Waals surface area contributed by atoms with E-state index in [-0.39, 0.29) is 4.90 Å². The van der Waals surface area contributed by atoms with Crippen LogP contribution >= 0.6 is 11.3 Å². The summed E-state index contributed by atoms with van der Waals surface area (Å²) in [6.45, 7) is 2.05. The third kappa shape index (κ3) is 3.16. The number of anilines is 1. The first kappa shape index (κ1) is 15.8. The number of hydrogen-bond donors (Lipinski definition) is 1. The van der Waals surface area contributed by atoms with Crippen molar-refractivity contribution in [3.8, 4) is 5.75 Å². The molecule has 1 N–H and O–H groups in total. The number of hydrogen-bond acceptors (Lipinski definition) is 5. The molecule has 0 aliphatic carbocycles. The van der Waals surface area contributed by atoms with Crippen LogP contribution in [0.1, 0.15) is 12.5 Å². The smallest absolute Gasteiger partial charge is 0.263 e. The molecule has 0 bridgehead atoms. The van der Waals surface area contributed by atoms with E-state index in [0.717, 1.165) is 22.2 Å². The van der Waals surface area contributed by atoms with Gasteiger partial charge in [0.2, 0.25) is 0 Å². The van der Waals surface area contributed by atoms with Crippen LogP contribution in [0, 0.1) is 0 Å². The van der Waals surface area contributed by atoms with Gasteiger partial charge in [0.1, 0.15) is 5.75 Å². The first-order valence-electron chi connectivity index (χ1n) is 7.09. The Balaban J connectivity index is 1.93. The van der Waals surface area contributed by atoms with E-state index in [4.69, 9.17) is 4.74 Å². The molecular formula is C16H16N2O3S2. The highest BCUT2D eigenvalue weighted by atomic mass is 32.2. The van der Waals surface area contributed by atoms with Crippen molar-refractivity contribution in [2.24, 2.45) is 0 Å². The maximum Gasteiger partial charge on any atom is 0.263 e. The first-order chi connectivity index (χ1) is 11.0. The number of fused-ring (bicyclic) bond motifs is 1. The number of rotatable bonds is 5. The number of thiazole rings is 1. The molecule has 0 amide bonds. The summed E-state index contributed by atoms with van der Waals surface area (Å²) in [6.07, 6.45) is 0.853. The van der Waals surface area contributed by atoms with Crippen LogP contribution in [0.15, 0.2) is 47.4 Å². The number of sulfonamides is 1. The van der Waals surface area contributed by atoms with Crippen molar-refractivity contribution in [1.82, 2.24) is 4.98 Å². The van der Waals surface area contributed by atoms with Gasteiger partial charge in [0.25, 0.3) is 10.0 Å². The Morgan fingerprint density at radius 1 is 1.17 bits per heavy atom. The Morgan fingerprint density at radius 3 is 2.57 bits per heavy atom. The molecule has 3 aromatic rings. The van der Waals surface area contributed by atoms with Gasteiger partial charge in [0, 0.05) is 0 Å². The Bertz CT molecular complexity index is 932. The zero-order valence-electron chi connectivity index (χ0n) is 12.7. The number of aryl methyl sites for hydroxylation is 1. The van der Waals surface area contributed by atoms with E-state index in [2.05, 4.69) is 16.6 Å². The molecule has 0 saturated carbocycles. The third-order valence-electron chi connectivity index (χ3n) is 3.47. The average molecular weight is 348 g/mol. The number of methoxy groups -OCH3 is 1. The van der Waals surface area contributed by atoms with Crippen molar-refractivity contribution < 1.29 is 13.2 Å². The number of nitrogens with one attached hydrogen (secondary N) is 1. The van der Waals surface area contributed by atoms with Crippen LogP contribution in [-0.2, 0) is 16.4 Å². The number of aromatic nitrogens is 1. The zero-order chi connectivity index (χ0) is 16.4. The van der Waals surface area contributed by atoms with E-state index in [1.807, 2.05) is 18.2 Å². The molecule has 0 aliphatic rings. The Labute approximate surface area is 139 Å². The second-order valence-electron chi connectivity index (χ2n) is 4.92. The van der Waals surface area contributed by atoms with Gasteiger partial charge in [-0.1, -0.05) is 30.4 Å². The fraction of sp³-hybridized carbons (Fsp3) is 0.188. The minimum absolute atomic E-state index is 0.174. The van der Waals surface area contributed by atoms with Crippen LogP contribution < -0.4 is 9.46 Å². The Hall–Kier alpha value is -2.12. The van der Waals surface area contributed by atoms with Crippen LogP contribution in [0.5, 0.6) is 5.75 Å². The Morgan fingerprint density at radius 2 is 1.91 bits per heavy atom. The van der Waals surface area contributed by atoms with Gasteiger partial charge < -0.3 is 4.74 Å². The summed E-state index contributed by atoms with van der Waals surface area (Å²) in [5.74, 6) is 0.608. The number of ether oxygens (including phenoxy) is 1. The molecule has 0 spiro atoms. The predicted molar refractivity (Wildman–Crippen MR) is 92.8 cm³/mol. The molecule has 23 heavy (non-hydrogen) atoms. The lowest BCUT2D eigenvalue weighted by Gasteiger charge is -2.05. The molecule has 0 radical (unpaired) electrons. The summed E-state index contributed by atoms with van der Waals surface area (Å²) in [5.41, 5.74) is 1.96. The molecule has 5 nitrogen and oxygen atoms in total. The summed E-state index contributed by atoms with van der Waals surface area (Å²) in [6, 6.07) is 12.1. The Kier molecular flexibility index (Phi) is 4.23. The fourth-order valence-electron chi connectivity index (χ4n) is 2.26. The highest BCUT2D eigenvalue weighted by Crippen LogP contribution is 2.30. The van der Waals surface area contributed by atoms with E-state index in [1.165, 1.54) is 30.6 Å². The van der Waals surface area contributed by atoms with Crippen molar-refractivity contribution in [3.05, 3.63) is 48.0 Å². The van der Waals surface area contributed by atoms with Crippen LogP contribution in [0.4, 0.5) is 5.13 Å². The number of benzene rings is 2. The fourth-order valence-corrected chi connectivity index (χ4v) is 4.41. The molecule has 7 heteroatoms. The molecule has 1 heterocycles. The van der Waals surface area contributed by atoms with E-state index in [1.54, 1.807) is 12.1 Å². The lowest BCUT2D eigenvalue weighted by atomic mass is 10.1. The van der Waals surface area contributed by atoms with E-state index >= 15 is 0 Å². The molecule has 120 valence electrons. The lowest BCUT2D eigenvalue weighted by molar-refractivity contribution is 0.414. The molecule has 0 aliphatic heterocycles. The highest BCUT2D eigenvalue weighted by Gasteiger charge is 2.17. The van der Waals surface area contributed by atoms with Gasteiger partial charge in [0.05, 0.1) is 22.2 Å². The predicted octanol–water partition coefficient (Wildman–Crippen LogP) is 3.67. The quantitative estimate of drug-likeness (QED) is 0.764. The number of para-hydroxylation sites is 1. The van der Waals surface area contributed by atoms with Crippen molar-refractivity contribution >= 4 is 36.7 Å². The van der Waals surface area contributed by atoms with Crippen LogP contribution in [0.2, 0.25) is 0 Å². The topological polar surface area (TPSA) is 68.3 Å². The molecule has 1 aromatic heterocycles. The van der Waals surface area contributed by atoms with Gasteiger partial charge in [0.15, 0.2) is 5.13 Å². The molecule has 0 saturated heterocycles. The summed E-state index contributed by atoms with van der Waals surface area (Å²) in [7, 11) is -2.13. The normalized spacial score (nSPS) is 11.6. The maximum atomic E-state index is 12.4. The molecule has 0 fully saturated rings. The van der Waals surface area contributed by atoms with Gasteiger partial charge in [-0.15, -0.1) is 0 Å². The maximum absolute atomic E-state index is 12.4. The van der Waals surface area contributed by atoms with Crippen molar-refractivity contribution in [3.63, 3.8) is 0 Å². The molecule has 3 rings (SSSR count). The largest absolute Gasteiger partial charge is 0.497 e. The van der Waals surface area contributed by atoms with Crippen LogP contribution in [0.3, 0.4) is 0 Å². The summed E-state index contributed by atoms with van der Waals surface area (Å²) in [5, 5.41) is 0.372. The summed E-state index contributed by atoms with van der Waals surface area (Å²) >= 11 is 1.33. The number of nitrogens with zero attached hydrogens (tertiary/aromatic N) is 1. The minimum Gasteiger partial charge on any atom is -0.497 e. The molecule has 2 aromatic carbocycles. The monoisotopic (exact) mass is 348 g/mol. The van der Waals surface area contributed by atoms with Gasteiger partial charge >= 0.3 is 0 Å².